The van der Waals surface area contributed by atoms with E-state index in [0.29, 0.717) is 61.6 Å². The lowest BCUT2D eigenvalue weighted by molar-refractivity contribution is 0.0940. The van der Waals surface area contributed by atoms with Gasteiger partial charge in [-0.2, -0.15) is 15.5 Å². The van der Waals surface area contributed by atoms with Gasteiger partial charge < -0.3 is 26.3 Å². The second-order valence-electron chi connectivity index (χ2n) is 14.0. The molecule has 0 radical (unpaired) electrons. The first-order valence-electron chi connectivity index (χ1n) is 19.7. The second-order valence-corrected chi connectivity index (χ2v) is 16.4. The number of nitrogens with one attached hydrogen (secondary N) is 7. The van der Waals surface area contributed by atoms with Gasteiger partial charge >= 0.3 is 0 Å². The van der Waals surface area contributed by atoms with Crippen molar-refractivity contribution in [3.63, 3.8) is 0 Å². The Morgan fingerprint density at radius 3 is 1.54 bits per heavy atom. The molecule has 3 heterocycles. The first-order chi connectivity index (χ1) is 31.5. The van der Waals surface area contributed by atoms with Gasteiger partial charge in [0.2, 0.25) is 0 Å². The molecule has 0 spiro atoms. The Morgan fingerprint density at radius 1 is 0.600 bits per heavy atom. The fraction of sp³-hybridized carbons (Fsp3) is 0.0870. The van der Waals surface area contributed by atoms with Crippen molar-refractivity contribution in [3.8, 4) is 17.5 Å². The number of imidazole rings is 1. The van der Waals surface area contributed by atoms with Crippen LogP contribution in [0.25, 0.3) is 22.4 Å². The largest absolute Gasteiger partial charge is 0.350 e. The summed E-state index contributed by atoms with van der Waals surface area (Å²) in [5, 5.41) is 33.7. The molecule has 326 valence electrons. The van der Waals surface area contributed by atoms with E-state index in [0.717, 1.165) is 33.5 Å². The summed E-state index contributed by atoms with van der Waals surface area (Å²) in [6, 6.07) is 38.5. The van der Waals surface area contributed by atoms with E-state index in [-0.39, 0.29) is 34.8 Å². The molecule has 8 aromatic rings. The number of H-pyrrole nitrogens is 3. The van der Waals surface area contributed by atoms with Crippen LogP contribution in [0.3, 0.4) is 0 Å². The number of halogens is 4. The van der Waals surface area contributed by atoms with E-state index in [9.17, 15) is 19.2 Å². The number of amides is 4. The quantitative estimate of drug-likeness (QED) is 0.0587. The molecule has 7 N–H and O–H groups in total. The molecule has 65 heavy (non-hydrogen) atoms. The number of carbonyl (C=O) groups excluding carboxylic acids is 4. The molecule has 0 aliphatic heterocycles. The Kier molecular flexibility index (Phi) is 15.2. The highest BCUT2D eigenvalue weighted by atomic mass is 79.9. The maximum Gasteiger partial charge on any atom is 0.270 e. The molecule has 0 aliphatic rings. The number of rotatable bonds is 13. The topological polar surface area (TPSA) is 226 Å². The van der Waals surface area contributed by atoms with Gasteiger partial charge in [-0.1, -0.05) is 96.0 Å². The molecule has 3 aromatic heterocycles. The maximum absolute atomic E-state index is 12.6. The minimum atomic E-state index is -0.435. The lowest BCUT2D eigenvalue weighted by Crippen LogP contribution is -2.26. The molecule has 0 fully saturated rings. The van der Waals surface area contributed by atoms with Gasteiger partial charge in [-0.15, -0.1) is 0 Å². The van der Waals surface area contributed by atoms with E-state index < -0.39 is 11.8 Å². The fourth-order valence-corrected chi connectivity index (χ4v) is 7.60. The molecule has 0 bridgehead atoms. The monoisotopic (exact) mass is 1030 g/mol. The standard InChI is InChI=1S/C26H20BrClN6O2.C20H15BrClN5O2/c27-21-22(33-34-24(21)32-25(35)17-5-1-2-6-18(17)28)26(36)29-14-13-15-9-11-16(12-10-15)23-30-19-7-3-4-8-20(19)31-23;21-16-17(20(29)24-10-9-12-5-7-13(11-23)8-6-12)26-27-18(16)25-19(28)14-3-1-2-4-15(14)22/h1-12H,13-14H2,(H,29,36)(H,30,31)(H2,32,33,34,35);1-8H,9-10H2,(H,24,29)(H2,25,26,27,28). The van der Waals surface area contributed by atoms with Gasteiger partial charge in [0.15, 0.2) is 11.6 Å². The van der Waals surface area contributed by atoms with Crippen LogP contribution in [0, 0.1) is 11.3 Å². The number of anilines is 2. The van der Waals surface area contributed by atoms with E-state index in [4.69, 9.17) is 28.5 Å². The minimum Gasteiger partial charge on any atom is -0.350 e. The maximum atomic E-state index is 12.6. The summed E-state index contributed by atoms with van der Waals surface area (Å²) >= 11 is 18.7. The van der Waals surface area contributed by atoms with Gasteiger partial charge in [-0.05, 0) is 104 Å². The Morgan fingerprint density at radius 2 is 1.06 bits per heavy atom. The molecule has 19 heteroatoms. The van der Waals surface area contributed by atoms with Crippen molar-refractivity contribution in [2.75, 3.05) is 23.7 Å². The Balaban J connectivity index is 0.000000199. The van der Waals surface area contributed by atoms with Crippen molar-refractivity contribution >= 4 is 101 Å². The van der Waals surface area contributed by atoms with Crippen LogP contribution in [0.2, 0.25) is 10.0 Å². The van der Waals surface area contributed by atoms with Gasteiger partial charge in [-0.3, -0.25) is 29.4 Å². The van der Waals surface area contributed by atoms with Crippen molar-refractivity contribution < 1.29 is 19.2 Å². The molecular weight excluding hydrogens is 1000 g/mol. The summed E-state index contributed by atoms with van der Waals surface area (Å²) in [4.78, 5) is 57.8. The Bertz CT molecular complexity index is 3020. The number of nitriles is 1. The van der Waals surface area contributed by atoms with Crippen LogP contribution >= 0.6 is 55.1 Å². The number of hydrogen-bond acceptors (Lipinski definition) is 8. The second kappa shape index (κ2) is 21.5. The van der Waals surface area contributed by atoms with E-state index >= 15 is 0 Å². The number of aromatic nitrogens is 6. The molecular formula is C46H35Br2Cl2N11O4. The summed E-state index contributed by atoms with van der Waals surface area (Å²) in [6.45, 7) is 0.826. The van der Waals surface area contributed by atoms with Crippen molar-refractivity contribution in [3.05, 3.63) is 180 Å². The summed E-state index contributed by atoms with van der Waals surface area (Å²) in [6.07, 6.45) is 1.26. The number of para-hydroxylation sites is 2. The highest BCUT2D eigenvalue weighted by Gasteiger charge is 2.21. The lowest BCUT2D eigenvalue weighted by Gasteiger charge is -2.06. The van der Waals surface area contributed by atoms with Gasteiger partial charge in [-0.25, -0.2) is 4.98 Å². The smallest absolute Gasteiger partial charge is 0.270 e. The van der Waals surface area contributed by atoms with E-state index in [2.05, 4.69) is 89.6 Å². The predicted molar refractivity (Wildman–Crippen MR) is 256 cm³/mol. The molecule has 0 saturated carbocycles. The first kappa shape index (κ1) is 45.9. The van der Waals surface area contributed by atoms with Crippen LogP contribution in [0.15, 0.2) is 130 Å². The molecule has 0 aliphatic carbocycles. The summed E-state index contributed by atoms with van der Waals surface area (Å²) in [5.41, 5.74) is 6.60. The number of fused-ring (bicyclic) bond motifs is 1. The average molecular weight is 1040 g/mol. The van der Waals surface area contributed by atoms with Crippen molar-refractivity contribution in [1.29, 1.82) is 5.26 Å². The van der Waals surface area contributed by atoms with Gasteiger partial charge in [0, 0.05) is 18.7 Å². The zero-order valence-corrected chi connectivity index (χ0v) is 38.5. The fourth-order valence-electron chi connectivity index (χ4n) is 6.25. The first-order valence-corrected chi connectivity index (χ1v) is 22.0. The van der Waals surface area contributed by atoms with Crippen LogP contribution in [0.4, 0.5) is 11.6 Å². The number of hydrogen-bond donors (Lipinski definition) is 7. The number of carbonyl (C=O) groups is 4. The SMILES string of the molecule is N#Cc1ccc(CCNC(=O)c2[nH]nc(NC(=O)c3ccccc3Cl)c2Br)cc1.O=C(Nc1n[nH]c(C(=O)NCCc2ccc(-c3nc4ccccc4[nH]3)cc2)c1Br)c1ccccc1Cl. The van der Waals surface area contributed by atoms with Gasteiger partial charge in [0.25, 0.3) is 23.6 Å². The summed E-state index contributed by atoms with van der Waals surface area (Å²) in [7, 11) is 0. The number of aromatic amines is 3. The van der Waals surface area contributed by atoms with Crippen LogP contribution in [0.1, 0.15) is 58.4 Å². The van der Waals surface area contributed by atoms with E-state index in [1.807, 2.05) is 60.7 Å². The van der Waals surface area contributed by atoms with Crippen molar-refractivity contribution in [1.82, 2.24) is 41.0 Å². The summed E-state index contributed by atoms with van der Waals surface area (Å²) < 4.78 is 0.698. The number of benzene rings is 5. The van der Waals surface area contributed by atoms with Crippen LogP contribution < -0.4 is 21.3 Å². The Hall–Kier alpha value is -7.10. The van der Waals surface area contributed by atoms with Crippen molar-refractivity contribution in [2.45, 2.75) is 12.8 Å². The minimum absolute atomic E-state index is 0.187. The molecule has 0 atom stereocenters. The van der Waals surface area contributed by atoms with Crippen molar-refractivity contribution in [2.24, 2.45) is 0 Å². The zero-order valence-electron chi connectivity index (χ0n) is 33.8. The number of nitrogens with zero attached hydrogens (tertiary/aromatic N) is 4. The third-order valence-corrected chi connectivity index (χ3v) is 11.9. The third kappa shape index (κ3) is 11.5. The summed E-state index contributed by atoms with van der Waals surface area (Å²) in [5.74, 6) is -0.361. The van der Waals surface area contributed by atoms with Crippen LogP contribution in [-0.2, 0) is 12.8 Å². The molecule has 4 amide bonds. The van der Waals surface area contributed by atoms with E-state index in [1.54, 1.807) is 60.7 Å². The van der Waals surface area contributed by atoms with Crippen LogP contribution in [0.5, 0.6) is 0 Å². The third-order valence-electron chi connectivity index (χ3n) is 9.67. The average Bonchev–Trinajstić information content (AvgIpc) is 4.03. The molecule has 5 aromatic carbocycles. The molecule has 8 rings (SSSR count). The highest BCUT2D eigenvalue weighted by Crippen LogP contribution is 2.27. The van der Waals surface area contributed by atoms with Gasteiger partial charge in [0.1, 0.15) is 17.2 Å². The molecule has 0 unspecified atom stereocenters. The highest BCUT2D eigenvalue weighted by molar-refractivity contribution is 9.11. The molecule has 0 saturated heterocycles. The lowest BCUT2D eigenvalue weighted by atomic mass is 10.1. The zero-order chi connectivity index (χ0) is 45.9. The Labute approximate surface area is 398 Å². The molecule has 15 nitrogen and oxygen atoms in total. The van der Waals surface area contributed by atoms with Crippen LogP contribution in [-0.4, -0.2) is 67.1 Å². The predicted octanol–water partition coefficient (Wildman–Crippen LogP) is 9.52. The van der Waals surface area contributed by atoms with E-state index in [1.165, 1.54) is 0 Å². The van der Waals surface area contributed by atoms with Gasteiger partial charge in [0.05, 0.1) is 52.8 Å². The normalized spacial score (nSPS) is 10.6.